The maximum Gasteiger partial charge on any atom is 0.325 e. The number of halogens is 1. The molecule has 0 radical (unpaired) electrons. The molecule has 1 atom stereocenters. The lowest BCUT2D eigenvalue weighted by atomic mass is 9.92. The summed E-state index contributed by atoms with van der Waals surface area (Å²) >= 11 is 0. The van der Waals surface area contributed by atoms with Crippen LogP contribution < -0.4 is 10.6 Å². The van der Waals surface area contributed by atoms with E-state index in [9.17, 15) is 18.8 Å². The molecule has 1 unspecified atom stereocenters. The third kappa shape index (κ3) is 5.73. The van der Waals surface area contributed by atoms with Gasteiger partial charge in [-0.1, -0.05) is 66.7 Å². The van der Waals surface area contributed by atoms with E-state index in [1.54, 1.807) is 0 Å². The number of ether oxygens (including phenoxy) is 1. The fourth-order valence-electron chi connectivity index (χ4n) is 3.83. The number of amides is 4. The molecule has 0 saturated carbocycles. The molecule has 1 heterocycles. The van der Waals surface area contributed by atoms with Gasteiger partial charge in [0.2, 0.25) is 5.91 Å². The molecule has 3 aromatic carbocycles. The quantitative estimate of drug-likeness (QED) is 0.463. The average molecular weight is 476 g/mol. The van der Waals surface area contributed by atoms with E-state index >= 15 is 0 Å². The fraction of sp³-hybridized carbons (Fsp3) is 0.222. The molecule has 7 nitrogen and oxygen atoms in total. The van der Waals surface area contributed by atoms with Crippen LogP contribution in [0.25, 0.3) is 0 Å². The molecule has 180 valence electrons. The van der Waals surface area contributed by atoms with Gasteiger partial charge in [-0.25, -0.2) is 9.18 Å². The number of rotatable bonds is 9. The average Bonchev–Trinajstić information content (AvgIpc) is 3.08. The van der Waals surface area contributed by atoms with Gasteiger partial charge >= 0.3 is 6.03 Å². The van der Waals surface area contributed by atoms with Gasteiger partial charge in [0.1, 0.15) is 17.9 Å². The van der Waals surface area contributed by atoms with Gasteiger partial charge in [0.05, 0.1) is 13.2 Å². The van der Waals surface area contributed by atoms with E-state index in [1.165, 1.54) is 31.2 Å². The first-order chi connectivity index (χ1) is 16.8. The second kappa shape index (κ2) is 10.5. The van der Waals surface area contributed by atoms with Crippen molar-refractivity contribution < 1.29 is 23.5 Å². The Balaban J connectivity index is 1.26. The Kier molecular flexibility index (Phi) is 7.22. The number of hydrogen-bond donors (Lipinski definition) is 2. The highest BCUT2D eigenvalue weighted by Gasteiger charge is 2.49. The van der Waals surface area contributed by atoms with Crippen LogP contribution in [0.1, 0.15) is 29.2 Å². The topological polar surface area (TPSA) is 87.7 Å². The third-order valence-corrected chi connectivity index (χ3v) is 5.89. The number of nitrogens with one attached hydrogen (secondary N) is 2. The predicted molar refractivity (Wildman–Crippen MR) is 127 cm³/mol. The highest BCUT2D eigenvalue weighted by Crippen LogP contribution is 2.28. The van der Waals surface area contributed by atoms with Crippen LogP contribution in [0.3, 0.4) is 0 Å². The molecule has 4 rings (SSSR count). The maximum atomic E-state index is 13.2. The monoisotopic (exact) mass is 475 g/mol. The lowest BCUT2D eigenvalue weighted by molar-refractivity contribution is -0.134. The Labute approximate surface area is 202 Å². The number of carbonyl (C=O) groups is 3. The number of carbonyl (C=O) groups excluding carboxylic acids is 3. The van der Waals surface area contributed by atoms with E-state index in [2.05, 4.69) is 10.6 Å². The van der Waals surface area contributed by atoms with Crippen LogP contribution in [0, 0.1) is 5.82 Å². The van der Waals surface area contributed by atoms with Gasteiger partial charge in [-0.2, -0.15) is 0 Å². The summed E-state index contributed by atoms with van der Waals surface area (Å²) in [6.45, 7) is 2.38. The van der Waals surface area contributed by atoms with E-state index in [0.717, 1.165) is 21.6 Å². The Morgan fingerprint density at radius 3 is 2.17 bits per heavy atom. The van der Waals surface area contributed by atoms with Gasteiger partial charge in [-0.15, -0.1) is 0 Å². The molecular formula is C27H26FN3O4. The standard InChI is InChI=1S/C27H26FN3O4/c1-27(22-11-13-23(28)14-12-22)25(33)31(26(34)30-27)16-24(32)29-15-19-7-9-21(10-8-19)18-35-17-20-5-3-2-4-6-20/h2-14H,15-18H2,1H3,(H,29,32)(H,30,34). The van der Waals surface area contributed by atoms with Gasteiger partial charge in [0.15, 0.2) is 0 Å². The molecule has 8 heteroatoms. The molecule has 1 aliphatic rings. The third-order valence-electron chi connectivity index (χ3n) is 5.89. The number of hydrogen-bond acceptors (Lipinski definition) is 4. The van der Waals surface area contributed by atoms with Crippen molar-refractivity contribution >= 4 is 17.8 Å². The van der Waals surface area contributed by atoms with Gasteiger partial charge in [0, 0.05) is 6.54 Å². The summed E-state index contributed by atoms with van der Waals surface area (Å²) < 4.78 is 19.0. The zero-order valence-electron chi connectivity index (χ0n) is 19.3. The first kappa shape index (κ1) is 24.1. The van der Waals surface area contributed by atoms with Crippen molar-refractivity contribution in [3.63, 3.8) is 0 Å². The van der Waals surface area contributed by atoms with Crippen LogP contribution in [-0.2, 0) is 39.6 Å². The lowest BCUT2D eigenvalue weighted by Gasteiger charge is -2.22. The lowest BCUT2D eigenvalue weighted by Crippen LogP contribution is -2.43. The van der Waals surface area contributed by atoms with Gasteiger partial charge in [-0.05, 0) is 41.3 Å². The van der Waals surface area contributed by atoms with Crippen molar-refractivity contribution in [1.29, 1.82) is 0 Å². The number of benzene rings is 3. The zero-order valence-corrected chi connectivity index (χ0v) is 19.3. The molecule has 35 heavy (non-hydrogen) atoms. The maximum absolute atomic E-state index is 13.2. The van der Waals surface area contributed by atoms with Crippen LogP contribution in [0.2, 0.25) is 0 Å². The molecule has 1 aliphatic heterocycles. The molecule has 0 bridgehead atoms. The Bertz CT molecular complexity index is 1200. The van der Waals surface area contributed by atoms with E-state index in [4.69, 9.17) is 4.74 Å². The highest BCUT2D eigenvalue weighted by molar-refractivity contribution is 6.09. The normalized spacial score (nSPS) is 17.4. The van der Waals surface area contributed by atoms with E-state index < -0.39 is 35.7 Å². The predicted octanol–water partition coefficient (Wildman–Crippen LogP) is 3.63. The van der Waals surface area contributed by atoms with E-state index in [0.29, 0.717) is 18.8 Å². The summed E-state index contributed by atoms with van der Waals surface area (Å²) in [5.41, 5.74) is 2.07. The van der Waals surface area contributed by atoms with Crippen molar-refractivity contribution in [2.24, 2.45) is 0 Å². The Hall–Kier alpha value is -4.04. The van der Waals surface area contributed by atoms with Crippen LogP contribution in [0.5, 0.6) is 0 Å². The number of imide groups is 1. The van der Waals surface area contributed by atoms with Gasteiger partial charge in [0.25, 0.3) is 5.91 Å². The molecule has 0 spiro atoms. The van der Waals surface area contributed by atoms with E-state index in [-0.39, 0.29) is 6.54 Å². The minimum atomic E-state index is -1.36. The second-order valence-corrected chi connectivity index (χ2v) is 8.52. The molecule has 0 aliphatic carbocycles. The van der Waals surface area contributed by atoms with Crippen molar-refractivity contribution in [3.05, 3.63) is 107 Å². The van der Waals surface area contributed by atoms with Crippen LogP contribution in [0.15, 0.2) is 78.9 Å². The Morgan fingerprint density at radius 1 is 0.914 bits per heavy atom. The van der Waals surface area contributed by atoms with Crippen molar-refractivity contribution in [1.82, 2.24) is 15.5 Å². The van der Waals surface area contributed by atoms with Crippen LogP contribution in [-0.4, -0.2) is 29.3 Å². The minimum absolute atomic E-state index is 0.253. The largest absolute Gasteiger partial charge is 0.372 e. The zero-order chi connectivity index (χ0) is 24.8. The van der Waals surface area contributed by atoms with Crippen LogP contribution in [0.4, 0.5) is 9.18 Å². The summed E-state index contributed by atoms with van der Waals surface area (Å²) in [4.78, 5) is 38.6. The molecule has 1 fully saturated rings. The second-order valence-electron chi connectivity index (χ2n) is 8.52. The molecule has 2 N–H and O–H groups in total. The summed E-state index contributed by atoms with van der Waals surface area (Å²) in [7, 11) is 0. The smallest absolute Gasteiger partial charge is 0.325 e. The first-order valence-electron chi connectivity index (χ1n) is 11.2. The summed E-state index contributed by atoms with van der Waals surface area (Å²) in [5.74, 6) is -1.48. The number of urea groups is 1. The minimum Gasteiger partial charge on any atom is -0.372 e. The van der Waals surface area contributed by atoms with Crippen LogP contribution >= 0.6 is 0 Å². The van der Waals surface area contributed by atoms with Crippen molar-refractivity contribution in [2.45, 2.75) is 32.2 Å². The van der Waals surface area contributed by atoms with Gasteiger partial charge in [-0.3, -0.25) is 14.5 Å². The fourth-order valence-corrected chi connectivity index (χ4v) is 3.83. The molecular weight excluding hydrogens is 449 g/mol. The summed E-state index contributed by atoms with van der Waals surface area (Å²) in [6, 6.07) is 22.2. The molecule has 4 amide bonds. The molecule has 1 saturated heterocycles. The van der Waals surface area contributed by atoms with Crippen molar-refractivity contribution in [2.75, 3.05) is 6.54 Å². The highest BCUT2D eigenvalue weighted by atomic mass is 19.1. The van der Waals surface area contributed by atoms with E-state index in [1.807, 2.05) is 54.6 Å². The van der Waals surface area contributed by atoms with Gasteiger partial charge < -0.3 is 15.4 Å². The number of nitrogens with zero attached hydrogens (tertiary/aromatic N) is 1. The summed E-state index contributed by atoms with van der Waals surface area (Å²) in [5, 5.41) is 5.33. The molecule has 3 aromatic rings. The molecule has 0 aromatic heterocycles. The SMILES string of the molecule is CC1(c2ccc(F)cc2)NC(=O)N(CC(=O)NCc2ccc(COCc3ccccc3)cc2)C1=O. The van der Waals surface area contributed by atoms with Crippen molar-refractivity contribution in [3.8, 4) is 0 Å². The Morgan fingerprint density at radius 2 is 1.51 bits per heavy atom. The summed E-state index contributed by atoms with van der Waals surface area (Å²) in [6.07, 6.45) is 0. The first-order valence-corrected chi connectivity index (χ1v) is 11.2.